The van der Waals surface area contributed by atoms with Gasteiger partial charge in [0.15, 0.2) is 0 Å². The molecule has 4 heteroatoms. The number of nitrogens with zero attached hydrogens (tertiary/aromatic N) is 2. The van der Waals surface area contributed by atoms with Crippen LogP contribution in [0.25, 0.3) is 28.6 Å². The Hall–Kier alpha value is -2.98. The van der Waals surface area contributed by atoms with E-state index in [1.807, 2.05) is 24.3 Å². The Morgan fingerprint density at radius 1 is 0.844 bits per heavy atom. The summed E-state index contributed by atoms with van der Waals surface area (Å²) in [5.41, 5.74) is 4.79. The van der Waals surface area contributed by atoms with Gasteiger partial charge < -0.3 is 9.84 Å². The van der Waals surface area contributed by atoms with E-state index in [2.05, 4.69) is 60.5 Å². The minimum Gasteiger partial charge on any atom is -0.508 e. The molecule has 2 aromatic carbocycles. The zero-order chi connectivity index (χ0) is 22.6. The van der Waals surface area contributed by atoms with Crippen molar-refractivity contribution < 1.29 is 9.84 Å². The van der Waals surface area contributed by atoms with Gasteiger partial charge in [-0.1, -0.05) is 56.2 Å². The van der Waals surface area contributed by atoms with Crippen molar-refractivity contribution in [2.24, 2.45) is 0 Å². The topological polar surface area (TPSA) is 55.2 Å². The second kappa shape index (κ2) is 12.8. The van der Waals surface area contributed by atoms with Crippen molar-refractivity contribution in [3.63, 3.8) is 0 Å². The average molecular weight is 431 g/mol. The quantitative estimate of drug-likeness (QED) is 0.306. The van der Waals surface area contributed by atoms with Crippen LogP contribution < -0.4 is 0 Å². The van der Waals surface area contributed by atoms with Gasteiger partial charge >= 0.3 is 0 Å². The van der Waals surface area contributed by atoms with Crippen molar-refractivity contribution in [1.29, 1.82) is 0 Å². The second-order valence-corrected chi connectivity index (χ2v) is 8.19. The molecule has 1 atom stereocenters. The van der Waals surface area contributed by atoms with Crippen molar-refractivity contribution >= 4 is 6.08 Å². The van der Waals surface area contributed by atoms with Crippen LogP contribution in [-0.4, -0.2) is 28.0 Å². The molecule has 0 aliphatic carbocycles. The van der Waals surface area contributed by atoms with E-state index in [-0.39, 0.29) is 5.75 Å². The first-order chi connectivity index (χ1) is 15.7. The summed E-state index contributed by atoms with van der Waals surface area (Å²) in [6.07, 6.45) is 11.7. The molecule has 0 aliphatic heterocycles. The molecule has 1 unspecified atom stereocenters. The lowest BCUT2D eigenvalue weighted by molar-refractivity contribution is 0.0566. The molecule has 0 radical (unpaired) electrons. The molecule has 32 heavy (non-hydrogen) atoms. The van der Waals surface area contributed by atoms with Crippen LogP contribution in [0.15, 0.2) is 66.7 Å². The van der Waals surface area contributed by atoms with Gasteiger partial charge in [-0.3, -0.25) is 0 Å². The van der Waals surface area contributed by atoms with Gasteiger partial charge in [-0.2, -0.15) is 0 Å². The molecule has 168 valence electrons. The van der Waals surface area contributed by atoms with Crippen LogP contribution in [0, 0.1) is 0 Å². The largest absolute Gasteiger partial charge is 0.508 e. The normalized spacial score (nSPS) is 12.3. The summed E-state index contributed by atoms with van der Waals surface area (Å²) in [6, 6.07) is 19.3. The molecule has 0 spiro atoms. The van der Waals surface area contributed by atoms with Crippen molar-refractivity contribution in [1.82, 2.24) is 10.2 Å². The summed E-state index contributed by atoms with van der Waals surface area (Å²) >= 11 is 0. The Kier molecular flexibility index (Phi) is 9.45. The molecule has 1 aromatic heterocycles. The monoisotopic (exact) mass is 430 g/mol. The number of phenols is 1. The Labute approximate surface area is 192 Å². The third-order valence-corrected chi connectivity index (χ3v) is 5.48. The maximum atomic E-state index is 9.42. The van der Waals surface area contributed by atoms with Crippen molar-refractivity contribution in [3.8, 4) is 28.3 Å². The van der Waals surface area contributed by atoms with E-state index in [4.69, 9.17) is 4.74 Å². The van der Waals surface area contributed by atoms with Gasteiger partial charge in [0.05, 0.1) is 17.5 Å². The number of hydrogen-bond acceptors (Lipinski definition) is 4. The highest BCUT2D eigenvalue weighted by atomic mass is 16.5. The molecule has 1 heterocycles. The van der Waals surface area contributed by atoms with Crippen LogP contribution in [0.3, 0.4) is 0 Å². The number of phenolic OH excluding ortho intramolecular Hbond substituents is 1. The minimum atomic E-state index is 0.244. The number of unbranched alkanes of at least 4 members (excludes halogenated alkanes) is 3. The molecule has 0 amide bonds. The van der Waals surface area contributed by atoms with Gasteiger partial charge in [0.2, 0.25) is 0 Å². The predicted molar refractivity (Wildman–Crippen MR) is 132 cm³/mol. The Balaban J connectivity index is 1.45. The SMILES string of the molecule is CCCCCOC(C)CCC/C=C/c1ccc(-c2ccc(-c3ccc(O)cc3)nn2)cc1. The van der Waals surface area contributed by atoms with E-state index in [0.717, 1.165) is 48.4 Å². The molecule has 0 bridgehead atoms. The zero-order valence-electron chi connectivity index (χ0n) is 19.2. The maximum Gasteiger partial charge on any atom is 0.115 e. The third kappa shape index (κ3) is 7.61. The standard InChI is InChI=1S/C28H34N2O2/c1-3-4-8-21-32-22(2)9-6-5-7-10-23-11-13-24(14-12-23)27-19-20-28(30-29-27)25-15-17-26(31)18-16-25/h7,10-20,22,31H,3-6,8-9,21H2,1-2H3/b10-7+. The summed E-state index contributed by atoms with van der Waals surface area (Å²) < 4.78 is 5.86. The van der Waals surface area contributed by atoms with E-state index in [1.54, 1.807) is 12.1 Å². The highest BCUT2D eigenvalue weighted by molar-refractivity contribution is 5.65. The van der Waals surface area contributed by atoms with Crippen molar-refractivity contribution in [2.75, 3.05) is 6.61 Å². The highest BCUT2D eigenvalue weighted by Crippen LogP contribution is 2.22. The molecule has 0 saturated carbocycles. The lowest BCUT2D eigenvalue weighted by atomic mass is 10.1. The number of rotatable bonds is 12. The van der Waals surface area contributed by atoms with Crippen molar-refractivity contribution in [3.05, 3.63) is 72.3 Å². The fourth-order valence-corrected chi connectivity index (χ4v) is 3.50. The summed E-state index contributed by atoms with van der Waals surface area (Å²) in [6.45, 7) is 5.28. The van der Waals surface area contributed by atoms with Gasteiger partial charge in [0.25, 0.3) is 0 Å². The lowest BCUT2D eigenvalue weighted by Gasteiger charge is -2.11. The Bertz CT molecular complexity index is 948. The fraction of sp³-hybridized carbons (Fsp3) is 0.357. The lowest BCUT2D eigenvalue weighted by Crippen LogP contribution is -2.08. The molecular weight excluding hydrogens is 396 g/mol. The van der Waals surface area contributed by atoms with Crippen LogP contribution in [0.4, 0.5) is 0 Å². The summed E-state index contributed by atoms with van der Waals surface area (Å²) in [5, 5.41) is 18.1. The molecule has 0 saturated heterocycles. The number of aromatic hydroxyl groups is 1. The number of allylic oxidation sites excluding steroid dienone is 1. The average Bonchev–Trinajstić information content (AvgIpc) is 2.83. The smallest absolute Gasteiger partial charge is 0.115 e. The fourth-order valence-electron chi connectivity index (χ4n) is 3.50. The Morgan fingerprint density at radius 2 is 1.47 bits per heavy atom. The predicted octanol–water partition coefficient (Wildman–Crippen LogP) is 7.30. The molecular formula is C28H34N2O2. The first-order valence-electron chi connectivity index (χ1n) is 11.7. The van der Waals surface area contributed by atoms with E-state index in [0.29, 0.717) is 6.10 Å². The molecule has 3 rings (SSSR count). The third-order valence-electron chi connectivity index (χ3n) is 5.48. The Morgan fingerprint density at radius 3 is 2.06 bits per heavy atom. The van der Waals surface area contributed by atoms with Crippen LogP contribution in [-0.2, 0) is 4.74 Å². The van der Waals surface area contributed by atoms with E-state index in [1.165, 1.54) is 24.8 Å². The number of benzene rings is 2. The second-order valence-electron chi connectivity index (χ2n) is 8.19. The molecule has 4 nitrogen and oxygen atoms in total. The van der Waals surface area contributed by atoms with Gasteiger partial charge in [0, 0.05) is 17.7 Å². The van der Waals surface area contributed by atoms with Gasteiger partial charge in [-0.05, 0) is 74.6 Å². The van der Waals surface area contributed by atoms with Crippen LogP contribution in [0.5, 0.6) is 5.75 Å². The van der Waals surface area contributed by atoms with E-state index in [9.17, 15) is 5.11 Å². The minimum absolute atomic E-state index is 0.244. The summed E-state index contributed by atoms with van der Waals surface area (Å²) in [7, 11) is 0. The van der Waals surface area contributed by atoms with Crippen LogP contribution >= 0.6 is 0 Å². The van der Waals surface area contributed by atoms with Crippen molar-refractivity contribution in [2.45, 2.75) is 58.5 Å². The number of aromatic nitrogens is 2. The summed E-state index contributed by atoms with van der Waals surface area (Å²) in [4.78, 5) is 0. The summed E-state index contributed by atoms with van der Waals surface area (Å²) in [5.74, 6) is 0.244. The first-order valence-corrected chi connectivity index (χ1v) is 11.7. The maximum absolute atomic E-state index is 9.42. The zero-order valence-corrected chi connectivity index (χ0v) is 19.2. The number of hydrogen-bond donors (Lipinski definition) is 1. The molecule has 3 aromatic rings. The highest BCUT2D eigenvalue weighted by Gasteiger charge is 2.04. The number of ether oxygens (including phenoxy) is 1. The van der Waals surface area contributed by atoms with Crippen LogP contribution in [0.1, 0.15) is 57.9 Å². The molecule has 1 N–H and O–H groups in total. The first kappa shape index (κ1) is 23.7. The van der Waals surface area contributed by atoms with E-state index < -0.39 is 0 Å². The molecule has 0 aliphatic rings. The van der Waals surface area contributed by atoms with Gasteiger partial charge in [0.1, 0.15) is 5.75 Å². The molecule has 0 fully saturated rings. The van der Waals surface area contributed by atoms with Gasteiger partial charge in [-0.25, -0.2) is 0 Å². The van der Waals surface area contributed by atoms with Gasteiger partial charge in [-0.15, -0.1) is 10.2 Å². The van der Waals surface area contributed by atoms with Crippen LogP contribution in [0.2, 0.25) is 0 Å². The van der Waals surface area contributed by atoms with E-state index >= 15 is 0 Å².